The van der Waals surface area contributed by atoms with Gasteiger partial charge in [0.15, 0.2) is 0 Å². The predicted molar refractivity (Wildman–Crippen MR) is 98.9 cm³/mol. The number of nitrogens with one attached hydrogen (secondary N) is 2. The van der Waals surface area contributed by atoms with Gasteiger partial charge in [-0.15, -0.1) is 0 Å². The average molecular weight is 355 g/mol. The van der Waals surface area contributed by atoms with Crippen LogP contribution in [-0.4, -0.2) is 42.0 Å². The molecule has 26 heavy (non-hydrogen) atoms. The van der Waals surface area contributed by atoms with Crippen LogP contribution in [0, 0.1) is 6.92 Å². The lowest BCUT2D eigenvalue weighted by molar-refractivity contribution is -0.132. The molecule has 0 radical (unpaired) electrons. The summed E-state index contributed by atoms with van der Waals surface area (Å²) in [6, 6.07) is 7.66. The van der Waals surface area contributed by atoms with E-state index in [1.165, 1.54) is 6.42 Å². The maximum absolute atomic E-state index is 12.4. The van der Waals surface area contributed by atoms with Crippen molar-refractivity contribution in [3.05, 3.63) is 35.6 Å². The van der Waals surface area contributed by atoms with Crippen molar-refractivity contribution in [2.45, 2.75) is 51.1 Å². The Balaban J connectivity index is 1.28. The van der Waals surface area contributed by atoms with Gasteiger partial charge < -0.3 is 20.0 Å². The van der Waals surface area contributed by atoms with E-state index in [1.807, 2.05) is 36.1 Å². The van der Waals surface area contributed by atoms with Crippen molar-refractivity contribution in [3.63, 3.8) is 0 Å². The van der Waals surface area contributed by atoms with Crippen molar-refractivity contribution in [1.82, 2.24) is 15.5 Å². The number of carbonyl (C=O) groups is 2. The third-order valence-corrected chi connectivity index (χ3v) is 5.62. The van der Waals surface area contributed by atoms with E-state index in [0.717, 1.165) is 41.7 Å². The number of urea groups is 1. The molecular formula is C20H25N3O3. The van der Waals surface area contributed by atoms with Crippen LogP contribution in [0.5, 0.6) is 0 Å². The van der Waals surface area contributed by atoms with E-state index in [2.05, 4.69) is 10.6 Å². The van der Waals surface area contributed by atoms with Crippen LogP contribution in [0.25, 0.3) is 11.0 Å². The van der Waals surface area contributed by atoms with Crippen LogP contribution in [0.2, 0.25) is 0 Å². The minimum atomic E-state index is -0.382. The van der Waals surface area contributed by atoms with E-state index in [9.17, 15) is 9.59 Å². The third-order valence-electron chi connectivity index (χ3n) is 5.62. The molecule has 2 fully saturated rings. The molecule has 2 aromatic rings. The summed E-state index contributed by atoms with van der Waals surface area (Å²) in [5, 5.41) is 6.79. The average Bonchev–Trinajstić information content (AvgIpc) is 3.08. The molecule has 1 saturated heterocycles. The third kappa shape index (κ3) is 3.16. The first kappa shape index (κ1) is 16.9. The van der Waals surface area contributed by atoms with E-state index in [-0.39, 0.29) is 18.0 Å². The lowest BCUT2D eigenvalue weighted by atomic mass is 9.92. The Morgan fingerprint density at radius 1 is 1.27 bits per heavy atom. The number of hydrogen-bond acceptors (Lipinski definition) is 3. The van der Waals surface area contributed by atoms with Gasteiger partial charge in [-0.25, -0.2) is 4.79 Å². The Kier molecular flexibility index (Phi) is 4.57. The highest BCUT2D eigenvalue weighted by Crippen LogP contribution is 2.28. The van der Waals surface area contributed by atoms with E-state index in [0.29, 0.717) is 25.4 Å². The molecule has 1 saturated carbocycles. The summed E-state index contributed by atoms with van der Waals surface area (Å²) in [4.78, 5) is 26.5. The highest BCUT2D eigenvalue weighted by molar-refractivity contribution is 5.89. The van der Waals surface area contributed by atoms with Gasteiger partial charge in [-0.2, -0.15) is 0 Å². The highest BCUT2D eigenvalue weighted by Gasteiger charge is 2.38. The summed E-state index contributed by atoms with van der Waals surface area (Å²) in [5.41, 5.74) is 1.99. The van der Waals surface area contributed by atoms with Crippen molar-refractivity contribution >= 4 is 22.9 Å². The van der Waals surface area contributed by atoms with E-state index >= 15 is 0 Å². The van der Waals surface area contributed by atoms with Crippen LogP contribution in [0.15, 0.2) is 28.7 Å². The Hall–Kier alpha value is -2.50. The maximum atomic E-state index is 12.4. The molecule has 0 spiro atoms. The zero-order valence-electron chi connectivity index (χ0n) is 15.1. The van der Waals surface area contributed by atoms with Crippen LogP contribution in [0.3, 0.4) is 0 Å². The van der Waals surface area contributed by atoms with Gasteiger partial charge in [0.2, 0.25) is 5.91 Å². The Bertz CT molecular complexity index is 825. The fraction of sp³-hybridized carbons (Fsp3) is 0.500. The van der Waals surface area contributed by atoms with Crippen LogP contribution in [0.1, 0.15) is 37.0 Å². The SMILES string of the molecule is Cc1oc2ccccc2c1CCNC(=O)NC1CCN(C2CCC2)C1=O. The summed E-state index contributed by atoms with van der Waals surface area (Å²) in [5.74, 6) is 0.956. The molecule has 4 rings (SSSR count). The number of aryl methyl sites for hydroxylation is 1. The van der Waals surface area contributed by atoms with Gasteiger partial charge in [0.25, 0.3) is 0 Å². The molecular weight excluding hydrogens is 330 g/mol. The molecule has 0 bridgehead atoms. The normalized spacial score (nSPS) is 20.4. The topological polar surface area (TPSA) is 74.6 Å². The number of likely N-dealkylation sites (tertiary alicyclic amines) is 1. The maximum Gasteiger partial charge on any atom is 0.315 e. The number of carbonyl (C=O) groups excluding carboxylic acids is 2. The number of para-hydroxylation sites is 1. The number of hydrogen-bond donors (Lipinski definition) is 2. The smallest absolute Gasteiger partial charge is 0.315 e. The molecule has 1 unspecified atom stereocenters. The molecule has 6 heteroatoms. The molecule has 138 valence electrons. The second-order valence-corrected chi connectivity index (χ2v) is 7.24. The van der Waals surface area contributed by atoms with Crippen molar-refractivity contribution in [1.29, 1.82) is 0 Å². The number of nitrogens with zero attached hydrogens (tertiary/aromatic N) is 1. The van der Waals surface area contributed by atoms with Gasteiger partial charge in [0.1, 0.15) is 17.4 Å². The number of fused-ring (bicyclic) bond motifs is 1. The Morgan fingerprint density at radius 2 is 2.08 bits per heavy atom. The molecule has 2 N–H and O–H groups in total. The standard InChI is InChI=1S/C20H25N3O3/c1-13-15(16-7-2-3-8-18(16)26-13)9-11-21-20(25)22-17-10-12-23(19(17)24)14-5-4-6-14/h2-3,7-8,14,17H,4-6,9-12H2,1H3,(H2,21,22,25). The van der Waals surface area contributed by atoms with Gasteiger partial charge in [0.05, 0.1) is 0 Å². The largest absolute Gasteiger partial charge is 0.461 e. The van der Waals surface area contributed by atoms with E-state index < -0.39 is 0 Å². The van der Waals surface area contributed by atoms with Gasteiger partial charge >= 0.3 is 6.03 Å². The molecule has 1 atom stereocenters. The van der Waals surface area contributed by atoms with Crippen molar-refractivity contribution in [2.75, 3.05) is 13.1 Å². The fourth-order valence-electron chi connectivity index (χ4n) is 3.94. The molecule has 6 nitrogen and oxygen atoms in total. The number of benzene rings is 1. The first-order chi connectivity index (χ1) is 12.6. The summed E-state index contributed by atoms with van der Waals surface area (Å²) in [6.45, 7) is 3.21. The van der Waals surface area contributed by atoms with Crippen molar-refractivity contribution < 1.29 is 14.0 Å². The quantitative estimate of drug-likeness (QED) is 0.866. The summed E-state index contributed by atoms with van der Waals surface area (Å²) in [7, 11) is 0. The number of amides is 3. The predicted octanol–water partition coefficient (Wildman–Crippen LogP) is 2.74. The lowest BCUT2D eigenvalue weighted by Crippen LogP contribution is -2.49. The zero-order chi connectivity index (χ0) is 18.1. The first-order valence-corrected chi connectivity index (χ1v) is 9.45. The second-order valence-electron chi connectivity index (χ2n) is 7.24. The summed E-state index contributed by atoms with van der Waals surface area (Å²) < 4.78 is 5.75. The van der Waals surface area contributed by atoms with Crippen molar-refractivity contribution in [3.8, 4) is 0 Å². The molecule has 1 aliphatic carbocycles. The molecule has 2 aliphatic rings. The van der Waals surface area contributed by atoms with Gasteiger partial charge in [-0.1, -0.05) is 18.2 Å². The monoisotopic (exact) mass is 355 g/mol. The molecule has 1 aromatic carbocycles. The van der Waals surface area contributed by atoms with Gasteiger partial charge in [-0.05, 0) is 45.1 Å². The molecule has 1 aromatic heterocycles. The van der Waals surface area contributed by atoms with Crippen molar-refractivity contribution in [2.24, 2.45) is 0 Å². The van der Waals surface area contributed by atoms with Gasteiger partial charge in [-0.3, -0.25) is 4.79 Å². The summed E-state index contributed by atoms with van der Waals surface area (Å²) >= 11 is 0. The highest BCUT2D eigenvalue weighted by atomic mass is 16.3. The van der Waals surface area contributed by atoms with Gasteiger partial charge in [0, 0.05) is 30.1 Å². The number of rotatable bonds is 5. The number of furan rings is 1. The second kappa shape index (κ2) is 7.02. The van der Waals surface area contributed by atoms with E-state index in [4.69, 9.17) is 4.42 Å². The van der Waals surface area contributed by atoms with Crippen LogP contribution >= 0.6 is 0 Å². The minimum Gasteiger partial charge on any atom is -0.461 e. The first-order valence-electron chi connectivity index (χ1n) is 9.45. The molecule has 2 heterocycles. The van der Waals surface area contributed by atoms with Crippen LogP contribution in [0.4, 0.5) is 4.79 Å². The molecule has 1 aliphatic heterocycles. The fourth-order valence-corrected chi connectivity index (χ4v) is 3.94. The Labute approximate surface area is 152 Å². The van der Waals surface area contributed by atoms with E-state index in [1.54, 1.807) is 0 Å². The lowest BCUT2D eigenvalue weighted by Gasteiger charge is -2.34. The Morgan fingerprint density at radius 3 is 2.85 bits per heavy atom. The zero-order valence-corrected chi connectivity index (χ0v) is 15.1. The molecule has 3 amide bonds. The minimum absolute atomic E-state index is 0.0709. The van der Waals surface area contributed by atoms with Crippen LogP contribution < -0.4 is 10.6 Å². The summed E-state index contributed by atoms with van der Waals surface area (Å²) in [6.07, 6.45) is 4.80. The van der Waals surface area contributed by atoms with Crippen LogP contribution in [-0.2, 0) is 11.2 Å².